The van der Waals surface area contributed by atoms with Gasteiger partial charge in [0.2, 0.25) is 0 Å². The lowest BCUT2D eigenvalue weighted by molar-refractivity contribution is -0.899. The summed E-state index contributed by atoms with van der Waals surface area (Å²) < 4.78 is 5.19. The van der Waals surface area contributed by atoms with E-state index >= 15 is 0 Å². The highest BCUT2D eigenvalue weighted by Crippen LogP contribution is 2.30. The maximum Gasteiger partial charge on any atom is 0.281 e. The van der Waals surface area contributed by atoms with Crippen LogP contribution in [0.3, 0.4) is 0 Å². The Morgan fingerprint density at radius 2 is 1.87 bits per heavy atom. The maximum atomic E-state index is 12.5. The Bertz CT molecular complexity index is 980. The normalized spacial score (nSPS) is 21.2. The third-order valence-electron chi connectivity index (χ3n) is 5.64. The molecule has 3 N–H and O–H groups in total. The summed E-state index contributed by atoms with van der Waals surface area (Å²) >= 11 is 1.43. The van der Waals surface area contributed by atoms with Gasteiger partial charge in [-0.3, -0.25) is 10.1 Å². The number of thiazole rings is 1. The van der Waals surface area contributed by atoms with Crippen molar-refractivity contribution in [1.82, 2.24) is 4.98 Å². The standard InChI is InChI=1S/C23H25N3O3S/c1-29-19-9-7-18(8-10-19)23(28)11-13-26(14-12-23)15-21(27)25-22-24-20(16-30-22)17-5-3-2-4-6-17/h2-10,16,28H,11-15H2,1H3,(H,24,25,27)/p+1. The summed E-state index contributed by atoms with van der Waals surface area (Å²) in [4.78, 5) is 18.2. The van der Waals surface area contributed by atoms with Crippen molar-refractivity contribution in [3.63, 3.8) is 0 Å². The number of likely N-dealkylation sites (tertiary alicyclic amines) is 1. The van der Waals surface area contributed by atoms with E-state index in [0.29, 0.717) is 24.5 Å². The van der Waals surface area contributed by atoms with Crippen LogP contribution in [0.2, 0.25) is 0 Å². The molecule has 30 heavy (non-hydrogen) atoms. The summed E-state index contributed by atoms with van der Waals surface area (Å²) in [7, 11) is 1.63. The zero-order chi connectivity index (χ0) is 21.0. The summed E-state index contributed by atoms with van der Waals surface area (Å²) in [5.74, 6) is 0.730. The molecule has 0 aliphatic carbocycles. The minimum Gasteiger partial charge on any atom is -0.497 e. The van der Waals surface area contributed by atoms with Gasteiger partial charge in [-0.25, -0.2) is 4.98 Å². The fourth-order valence-electron chi connectivity index (χ4n) is 3.85. The van der Waals surface area contributed by atoms with Crippen molar-refractivity contribution in [2.75, 3.05) is 32.1 Å². The summed E-state index contributed by atoms with van der Waals surface area (Å²) in [6.45, 7) is 1.85. The van der Waals surface area contributed by atoms with Crippen LogP contribution in [0.5, 0.6) is 5.75 Å². The quantitative estimate of drug-likeness (QED) is 0.568. The van der Waals surface area contributed by atoms with Gasteiger partial charge in [0.05, 0.1) is 25.9 Å². The Morgan fingerprint density at radius 1 is 1.17 bits per heavy atom. The molecule has 2 heterocycles. The van der Waals surface area contributed by atoms with Gasteiger partial charge < -0.3 is 14.7 Å². The lowest BCUT2D eigenvalue weighted by Crippen LogP contribution is -3.14. The average Bonchev–Trinajstić information content (AvgIpc) is 3.24. The Balaban J connectivity index is 1.29. The van der Waals surface area contributed by atoms with Crippen LogP contribution in [0.15, 0.2) is 60.0 Å². The number of amides is 1. The molecule has 1 aliphatic heterocycles. The minimum atomic E-state index is -0.841. The number of aromatic nitrogens is 1. The number of ether oxygens (including phenoxy) is 1. The van der Waals surface area contributed by atoms with Crippen LogP contribution in [0.1, 0.15) is 18.4 Å². The monoisotopic (exact) mass is 424 g/mol. The second-order valence-electron chi connectivity index (χ2n) is 7.64. The average molecular weight is 425 g/mol. The fourth-order valence-corrected chi connectivity index (χ4v) is 4.58. The van der Waals surface area contributed by atoms with Gasteiger partial charge in [-0.05, 0) is 17.7 Å². The van der Waals surface area contributed by atoms with E-state index < -0.39 is 5.60 Å². The van der Waals surface area contributed by atoms with Crippen molar-refractivity contribution >= 4 is 22.4 Å². The summed E-state index contributed by atoms with van der Waals surface area (Å²) in [5, 5.41) is 16.5. The molecule has 1 fully saturated rings. The van der Waals surface area contributed by atoms with Crippen LogP contribution in [0, 0.1) is 0 Å². The van der Waals surface area contributed by atoms with E-state index in [1.807, 2.05) is 60.0 Å². The van der Waals surface area contributed by atoms with E-state index in [2.05, 4.69) is 10.3 Å². The molecular formula is C23H26N3O3S+. The lowest BCUT2D eigenvalue weighted by atomic mass is 9.84. The molecule has 1 saturated heterocycles. The predicted octanol–water partition coefficient (Wildman–Crippen LogP) is 2.32. The van der Waals surface area contributed by atoms with E-state index in [9.17, 15) is 9.90 Å². The van der Waals surface area contributed by atoms with Crippen LogP contribution < -0.4 is 15.0 Å². The molecule has 0 radical (unpaired) electrons. The van der Waals surface area contributed by atoms with Gasteiger partial charge in [0.25, 0.3) is 5.91 Å². The second-order valence-corrected chi connectivity index (χ2v) is 8.50. The van der Waals surface area contributed by atoms with Crippen molar-refractivity contribution in [1.29, 1.82) is 0 Å². The van der Waals surface area contributed by atoms with Crippen molar-refractivity contribution in [3.05, 3.63) is 65.5 Å². The minimum absolute atomic E-state index is 0.0474. The number of hydrogen-bond acceptors (Lipinski definition) is 5. The highest BCUT2D eigenvalue weighted by Gasteiger charge is 2.36. The van der Waals surface area contributed by atoms with E-state index in [0.717, 1.165) is 35.7 Å². The van der Waals surface area contributed by atoms with Crippen LogP contribution in [-0.4, -0.2) is 42.7 Å². The number of rotatable bonds is 6. The first-order valence-corrected chi connectivity index (χ1v) is 10.9. The number of benzene rings is 2. The Hall–Kier alpha value is -2.74. The van der Waals surface area contributed by atoms with Gasteiger partial charge in [0.1, 0.15) is 11.4 Å². The number of hydrogen-bond donors (Lipinski definition) is 3. The highest BCUT2D eigenvalue weighted by molar-refractivity contribution is 7.14. The van der Waals surface area contributed by atoms with Gasteiger partial charge in [0.15, 0.2) is 11.7 Å². The molecule has 0 bridgehead atoms. The zero-order valence-electron chi connectivity index (χ0n) is 16.9. The first kappa shape index (κ1) is 20.5. The largest absolute Gasteiger partial charge is 0.497 e. The molecule has 0 spiro atoms. The molecular weight excluding hydrogens is 398 g/mol. The number of carbonyl (C=O) groups excluding carboxylic acids is 1. The van der Waals surface area contributed by atoms with Crippen LogP contribution in [-0.2, 0) is 10.4 Å². The van der Waals surface area contributed by atoms with Gasteiger partial charge in [-0.2, -0.15) is 0 Å². The molecule has 3 aromatic rings. The van der Waals surface area contributed by atoms with E-state index in [4.69, 9.17) is 4.74 Å². The Morgan fingerprint density at radius 3 is 2.53 bits per heavy atom. The number of nitrogens with one attached hydrogen (secondary N) is 2. The molecule has 1 aliphatic rings. The first-order chi connectivity index (χ1) is 14.6. The van der Waals surface area contributed by atoms with E-state index in [1.54, 1.807) is 7.11 Å². The van der Waals surface area contributed by atoms with Gasteiger partial charge >= 0.3 is 0 Å². The molecule has 2 aromatic carbocycles. The van der Waals surface area contributed by atoms with Gasteiger partial charge in [-0.15, -0.1) is 11.3 Å². The summed E-state index contributed by atoms with van der Waals surface area (Å²) in [6, 6.07) is 17.5. The van der Waals surface area contributed by atoms with E-state index in [1.165, 1.54) is 16.2 Å². The van der Waals surface area contributed by atoms with Crippen molar-refractivity contribution in [2.45, 2.75) is 18.4 Å². The number of aliphatic hydroxyl groups is 1. The smallest absolute Gasteiger partial charge is 0.281 e. The molecule has 156 valence electrons. The molecule has 0 saturated carbocycles. The van der Waals surface area contributed by atoms with Crippen molar-refractivity contribution in [3.8, 4) is 17.0 Å². The predicted molar refractivity (Wildman–Crippen MR) is 118 cm³/mol. The van der Waals surface area contributed by atoms with Crippen molar-refractivity contribution < 1.29 is 19.5 Å². The molecule has 4 rings (SSSR count). The number of quaternary nitrogens is 1. The molecule has 6 nitrogen and oxygen atoms in total. The van der Waals surface area contributed by atoms with Crippen LogP contribution in [0.4, 0.5) is 5.13 Å². The van der Waals surface area contributed by atoms with E-state index in [-0.39, 0.29) is 5.91 Å². The third-order valence-corrected chi connectivity index (χ3v) is 6.40. The van der Waals surface area contributed by atoms with Crippen LogP contribution >= 0.6 is 11.3 Å². The van der Waals surface area contributed by atoms with Crippen molar-refractivity contribution in [2.24, 2.45) is 0 Å². The molecule has 0 unspecified atom stereocenters. The SMILES string of the molecule is COc1ccc(C2(O)CC[NH+](CC(=O)Nc3nc(-c4ccccc4)cs3)CC2)cc1. The molecule has 1 amide bonds. The molecule has 7 heteroatoms. The molecule has 1 aromatic heterocycles. The van der Waals surface area contributed by atoms with Crippen LogP contribution in [0.25, 0.3) is 11.3 Å². The number of anilines is 1. The Labute approximate surface area is 180 Å². The maximum absolute atomic E-state index is 12.5. The fraction of sp³-hybridized carbons (Fsp3) is 0.304. The zero-order valence-corrected chi connectivity index (χ0v) is 17.7. The number of carbonyl (C=O) groups is 1. The summed E-state index contributed by atoms with van der Waals surface area (Å²) in [6.07, 6.45) is 1.24. The van der Waals surface area contributed by atoms with Gasteiger partial charge in [0, 0.05) is 23.8 Å². The van der Waals surface area contributed by atoms with Gasteiger partial charge in [-0.1, -0.05) is 42.5 Å². The second kappa shape index (κ2) is 8.95. The lowest BCUT2D eigenvalue weighted by Gasteiger charge is -2.36. The topological polar surface area (TPSA) is 75.9 Å². The highest BCUT2D eigenvalue weighted by atomic mass is 32.1. The first-order valence-electron chi connectivity index (χ1n) is 10.1. The Kier molecular flexibility index (Phi) is 6.13. The summed E-state index contributed by atoms with van der Waals surface area (Å²) in [5.41, 5.74) is 1.97. The molecule has 0 atom stereocenters. The third kappa shape index (κ3) is 4.70. The number of piperidine rings is 1. The number of nitrogens with zero attached hydrogens (tertiary/aromatic N) is 1. The number of methoxy groups -OCH3 is 1.